The van der Waals surface area contributed by atoms with E-state index in [9.17, 15) is 23.1 Å². The molecule has 1 atom stereocenters. The van der Waals surface area contributed by atoms with Crippen molar-refractivity contribution in [2.24, 2.45) is 0 Å². The molecule has 7 heteroatoms. The van der Waals surface area contributed by atoms with E-state index in [1.54, 1.807) is 0 Å². The minimum absolute atomic E-state index is 0.0440. The Labute approximate surface area is 101 Å². The van der Waals surface area contributed by atoms with Crippen molar-refractivity contribution in [3.8, 4) is 0 Å². The van der Waals surface area contributed by atoms with E-state index in [2.05, 4.69) is 5.32 Å². The van der Waals surface area contributed by atoms with Gasteiger partial charge in [-0.15, -0.1) is 0 Å². The van der Waals surface area contributed by atoms with Crippen LogP contribution in [0.2, 0.25) is 0 Å². The molecule has 0 saturated carbocycles. The minimum Gasteiger partial charge on any atom is -0.481 e. The fourth-order valence-electron chi connectivity index (χ4n) is 1.29. The first-order chi connectivity index (χ1) is 8.29. The minimum atomic E-state index is -4.39. The molecule has 0 aliphatic carbocycles. The van der Waals surface area contributed by atoms with E-state index in [1.165, 1.54) is 12.1 Å². The number of carboxylic acid groups (broad SMARTS) is 1. The molecule has 0 aliphatic rings. The second-order valence-electron chi connectivity index (χ2n) is 3.71. The number of aliphatic carboxylic acids is 1. The van der Waals surface area contributed by atoms with Crippen LogP contribution < -0.4 is 5.32 Å². The molecule has 1 aromatic rings. The lowest BCUT2D eigenvalue weighted by Crippen LogP contribution is -2.22. The van der Waals surface area contributed by atoms with Crippen LogP contribution in [0.15, 0.2) is 24.3 Å². The summed E-state index contributed by atoms with van der Waals surface area (Å²) in [5, 5.41) is 20.3. The van der Waals surface area contributed by atoms with Crippen molar-refractivity contribution in [1.82, 2.24) is 0 Å². The van der Waals surface area contributed by atoms with Gasteiger partial charge in [0.1, 0.15) is 0 Å². The Balaban J connectivity index is 2.52. The lowest BCUT2D eigenvalue weighted by molar-refractivity contribution is -0.139. The summed E-state index contributed by atoms with van der Waals surface area (Å²) in [4.78, 5) is 10.3. The molecule has 1 unspecified atom stereocenters. The maximum Gasteiger partial charge on any atom is 0.416 e. The number of alkyl halides is 3. The largest absolute Gasteiger partial charge is 0.481 e. The van der Waals surface area contributed by atoms with Crippen LogP contribution in [-0.2, 0) is 11.0 Å². The Morgan fingerprint density at radius 1 is 1.28 bits per heavy atom. The molecule has 0 heterocycles. The van der Waals surface area contributed by atoms with Gasteiger partial charge in [-0.3, -0.25) is 4.79 Å². The zero-order chi connectivity index (χ0) is 13.8. The Hall–Kier alpha value is -1.76. The number of anilines is 1. The zero-order valence-electron chi connectivity index (χ0n) is 9.24. The first kappa shape index (κ1) is 14.3. The Morgan fingerprint density at radius 3 is 2.28 bits per heavy atom. The van der Waals surface area contributed by atoms with Gasteiger partial charge in [0.05, 0.1) is 18.1 Å². The molecule has 0 radical (unpaired) electrons. The predicted molar refractivity (Wildman–Crippen MR) is 58.2 cm³/mol. The van der Waals surface area contributed by atoms with Crippen molar-refractivity contribution < 1.29 is 28.2 Å². The van der Waals surface area contributed by atoms with Gasteiger partial charge in [-0.05, 0) is 24.3 Å². The number of hydrogen-bond acceptors (Lipinski definition) is 3. The molecule has 1 aromatic carbocycles. The van der Waals surface area contributed by atoms with Gasteiger partial charge >= 0.3 is 12.1 Å². The number of benzene rings is 1. The highest BCUT2D eigenvalue weighted by Crippen LogP contribution is 2.29. The van der Waals surface area contributed by atoms with Crippen molar-refractivity contribution in [3.63, 3.8) is 0 Å². The highest BCUT2D eigenvalue weighted by molar-refractivity contribution is 5.67. The van der Waals surface area contributed by atoms with Crippen LogP contribution >= 0.6 is 0 Å². The molecular formula is C11H12F3NO3. The van der Waals surface area contributed by atoms with E-state index in [0.717, 1.165) is 12.1 Å². The molecule has 0 fully saturated rings. The number of hydrogen-bond donors (Lipinski definition) is 3. The second-order valence-corrected chi connectivity index (χ2v) is 3.71. The van der Waals surface area contributed by atoms with E-state index in [4.69, 9.17) is 5.11 Å². The molecule has 0 saturated heterocycles. The van der Waals surface area contributed by atoms with Gasteiger partial charge in [-0.2, -0.15) is 13.2 Å². The summed E-state index contributed by atoms with van der Waals surface area (Å²) in [7, 11) is 0. The summed E-state index contributed by atoms with van der Waals surface area (Å²) in [6.45, 7) is -0.0440. The van der Waals surface area contributed by atoms with Crippen LogP contribution in [0.5, 0.6) is 0 Å². The maximum atomic E-state index is 12.3. The van der Waals surface area contributed by atoms with Crippen LogP contribution in [0, 0.1) is 0 Å². The molecule has 100 valence electrons. The van der Waals surface area contributed by atoms with Crippen LogP contribution in [0.3, 0.4) is 0 Å². The van der Waals surface area contributed by atoms with E-state index >= 15 is 0 Å². The number of rotatable bonds is 5. The summed E-state index contributed by atoms with van der Waals surface area (Å²) in [5.74, 6) is -1.14. The van der Waals surface area contributed by atoms with Gasteiger partial charge < -0.3 is 15.5 Å². The molecular weight excluding hydrogens is 251 g/mol. The van der Waals surface area contributed by atoms with Gasteiger partial charge in [0.15, 0.2) is 0 Å². The van der Waals surface area contributed by atoms with Gasteiger partial charge in [0, 0.05) is 12.2 Å². The smallest absolute Gasteiger partial charge is 0.416 e. The summed E-state index contributed by atoms with van der Waals surface area (Å²) < 4.78 is 36.8. The topological polar surface area (TPSA) is 69.6 Å². The van der Waals surface area contributed by atoms with Gasteiger partial charge in [0.2, 0.25) is 0 Å². The Morgan fingerprint density at radius 2 is 1.83 bits per heavy atom. The summed E-state index contributed by atoms with van der Waals surface area (Å²) in [6.07, 6.45) is -5.90. The lowest BCUT2D eigenvalue weighted by atomic mass is 10.2. The fourth-order valence-corrected chi connectivity index (χ4v) is 1.29. The molecule has 18 heavy (non-hydrogen) atoms. The average Bonchev–Trinajstić information content (AvgIpc) is 2.25. The van der Waals surface area contributed by atoms with Crippen molar-refractivity contribution in [1.29, 1.82) is 0 Å². The van der Waals surface area contributed by atoms with E-state index in [1.807, 2.05) is 0 Å². The maximum absolute atomic E-state index is 12.3. The van der Waals surface area contributed by atoms with Crippen LogP contribution in [0.4, 0.5) is 18.9 Å². The normalized spacial score (nSPS) is 13.1. The van der Waals surface area contributed by atoms with Crippen LogP contribution in [-0.4, -0.2) is 28.8 Å². The van der Waals surface area contributed by atoms with Crippen molar-refractivity contribution in [2.45, 2.75) is 18.7 Å². The third kappa shape index (κ3) is 4.62. The average molecular weight is 263 g/mol. The molecule has 0 spiro atoms. The lowest BCUT2D eigenvalue weighted by Gasteiger charge is -2.12. The number of halogens is 3. The fraction of sp³-hybridized carbons (Fsp3) is 0.364. The SMILES string of the molecule is O=C(O)CC(O)CNc1ccc(C(F)(F)F)cc1. The van der Waals surface area contributed by atoms with E-state index in [-0.39, 0.29) is 6.54 Å². The van der Waals surface area contributed by atoms with E-state index in [0.29, 0.717) is 5.69 Å². The highest BCUT2D eigenvalue weighted by atomic mass is 19.4. The monoisotopic (exact) mass is 263 g/mol. The molecule has 0 amide bonds. The third-order valence-electron chi connectivity index (χ3n) is 2.16. The van der Waals surface area contributed by atoms with Crippen molar-refractivity contribution in [3.05, 3.63) is 29.8 Å². The highest BCUT2D eigenvalue weighted by Gasteiger charge is 2.29. The Kier molecular flexibility index (Phi) is 4.55. The summed E-state index contributed by atoms with van der Waals surface area (Å²) >= 11 is 0. The van der Waals surface area contributed by atoms with E-state index < -0.39 is 30.2 Å². The first-order valence-electron chi connectivity index (χ1n) is 5.10. The number of nitrogens with one attached hydrogen (secondary N) is 1. The standard InChI is InChI=1S/C11H12F3NO3/c12-11(13,14)7-1-3-8(4-2-7)15-6-9(16)5-10(17)18/h1-4,9,15-16H,5-6H2,(H,17,18). The first-order valence-corrected chi connectivity index (χ1v) is 5.10. The summed E-state index contributed by atoms with van der Waals surface area (Å²) in [6, 6.07) is 4.25. The quantitative estimate of drug-likeness (QED) is 0.759. The Bertz CT molecular complexity index is 403. The predicted octanol–water partition coefficient (Wildman–Crippen LogP) is 1.95. The summed E-state index contributed by atoms with van der Waals surface area (Å²) in [5.41, 5.74) is -0.383. The number of aliphatic hydroxyl groups excluding tert-OH is 1. The van der Waals surface area contributed by atoms with Crippen LogP contribution in [0.1, 0.15) is 12.0 Å². The molecule has 1 rings (SSSR count). The van der Waals surface area contributed by atoms with Crippen LogP contribution in [0.25, 0.3) is 0 Å². The molecule has 3 N–H and O–H groups in total. The molecule has 0 aromatic heterocycles. The van der Waals surface area contributed by atoms with Gasteiger partial charge in [0.25, 0.3) is 0 Å². The number of carbonyl (C=O) groups is 1. The molecule has 0 bridgehead atoms. The van der Waals surface area contributed by atoms with Gasteiger partial charge in [-0.25, -0.2) is 0 Å². The zero-order valence-corrected chi connectivity index (χ0v) is 9.24. The van der Waals surface area contributed by atoms with Crippen molar-refractivity contribution >= 4 is 11.7 Å². The molecule has 4 nitrogen and oxygen atoms in total. The third-order valence-corrected chi connectivity index (χ3v) is 2.16. The number of carboxylic acids is 1. The number of aliphatic hydroxyl groups is 1. The molecule has 0 aliphatic heterocycles. The van der Waals surface area contributed by atoms with Gasteiger partial charge in [-0.1, -0.05) is 0 Å². The second kappa shape index (κ2) is 5.72. The van der Waals surface area contributed by atoms with Crippen molar-refractivity contribution in [2.75, 3.05) is 11.9 Å².